The minimum Gasteiger partial charge on any atom is -0.310 e. The highest BCUT2D eigenvalue weighted by atomic mass is 32.2. The summed E-state index contributed by atoms with van der Waals surface area (Å²) in [6.45, 7) is 2.06. The van der Waals surface area contributed by atoms with Crippen molar-refractivity contribution in [3.05, 3.63) is 84.4 Å². The lowest BCUT2D eigenvalue weighted by Gasteiger charge is -2.25. The van der Waals surface area contributed by atoms with Crippen LogP contribution in [0.25, 0.3) is 0 Å². The van der Waals surface area contributed by atoms with Gasteiger partial charge in [-0.2, -0.15) is 0 Å². The Balaban J connectivity index is 2.10. The molecule has 0 aliphatic heterocycles. The van der Waals surface area contributed by atoms with Crippen LogP contribution < -0.4 is 4.90 Å². The van der Waals surface area contributed by atoms with Crippen molar-refractivity contribution in [3.63, 3.8) is 0 Å². The molecular formula is C19H17NO2S. The van der Waals surface area contributed by atoms with Crippen molar-refractivity contribution in [1.82, 2.24) is 0 Å². The van der Waals surface area contributed by atoms with E-state index < -0.39 is 11.1 Å². The van der Waals surface area contributed by atoms with E-state index in [1.54, 1.807) is 12.1 Å². The minimum absolute atomic E-state index is 0.394. The lowest BCUT2D eigenvalue weighted by molar-refractivity contribution is 0.564. The van der Waals surface area contributed by atoms with E-state index in [2.05, 4.69) is 30.0 Å². The van der Waals surface area contributed by atoms with Gasteiger partial charge in [0, 0.05) is 17.1 Å². The van der Waals surface area contributed by atoms with Crippen LogP contribution in [-0.2, 0) is 11.1 Å². The van der Waals surface area contributed by atoms with Crippen molar-refractivity contribution in [2.45, 2.75) is 11.8 Å². The maximum atomic E-state index is 11.2. The van der Waals surface area contributed by atoms with Gasteiger partial charge in [-0.15, -0.1) is 0 Å². The SMILES string of the molecule is Cc1cccc(N(c2ccccc2)c2ccc(S(=O)O)cc2)c1. The molecule has 0 aliphatic rings. The number of anilines is 3. The number of benzene rings is 3. The first-order chi connectivity index (χ1) is 11.1. The van der Waals surface area contributed by atoms with Gasteiger partial charge in [-0.05, 0) is 61.0 Å². The molecule has 0 fully saturated rings. The Hall–Kier alpha value is -2.43. The van der Waals surface area contributed by atoms with Crippen molar-refractivity contribution in [2.24, 2.45) is 0 Å². The molecule has 23 heavy (non-hydrogen) atoms. The molecule has 3 nitrogen and oxygen atoms in total. The molecule has 0 bridgehead atoms. The molecule has 0 amide bonds. The average Bonchev–Trinajstić information content (AvgIpc) is 2.57. The molecule has 3 rings (SSSR count). The molecule has 1 unspecified atom stereocenters. The normalized spacial score (nSPS) is 11.9. The summed E-state index contributed by atoms with van der Waals surface area (Å²) >= 11 is -1.96. The third kappa shape index (κ3) is 3.50. The van der Waals surface area contributed by atoms with Crippen molar-refractivity contribution in [1.29, 1.82) is 0 Å². The molecule has 1 atom stereocenters. The van der Waals surface area contributed by atoms with Crippen molar-refractivity contribution >= 4 is 28.1 Å². The predicted octanol–water partition coefficient (Wildman–Crippen LogP) is 5.05. The fourth-order valence-electron chi connectivity index (χ4n) is 2.50. The molecule has 0 aliphatic carbocycles. The number of aryl methyl sites for hydroxylation is 1. The molecule has 0 heterocycles. The molecule has 4 heteroatoms. The number of rotatable bonds is 4. The Morgan fingerprint density at radius 2 is 1.39 bits per heavy atom. The second-order valence-electron chi connectivity index (χ2n) is 5.25. The third-order valence-electron chi connectivity index (χ3n) is 3.57. The molecule has 1 N–H and O–H groups in total. The van der Waals surface area contributed by atoms with E-state index in [9.17, 15) is 8.76 Å². The predicted molar refractivity (Wildman–Crippen MR) is 94.9 cm³/mol. The molecule has 0 saturated carbocycles. The Morgan fingerprint density at radius 1 is 0.783 bits per heavy atom. The molecule has 3 aromatic carbocycles. The van der Waals surface area contributed by atoms with Crippen LogP contribution in [0.3, 0.4) is 0 Å². The van der Waals surface area contributed by atoms with Gasteiger partial charge in [-0.25, -0.2) is 4.21 Å². The van der Waals surface area contributed by atoms with E-state index in [4.69, 9.17) is 0 Å². The maximum absolute atomic E-state index is 11.2. The smallest absolute Gasteiger partial charge is 0.186 e. The van der Waals surface area contributed by atoms with Crippen LogP contribution in [0, 0.1) is 6.92 Å². The molecule has 3 aromatic rings. The Bertz CT molecular complexity index is 816. The number of para-hydroxylation sites is 1. The lowest BCUT2D eigenvalue weighted by atomic mass is 10.1. The van der Waals surface area contributed by atoms with Gasteiger partial charge < -0.3 is 9.45 Å². The highest BCUT2D eigenvalue weighted by molar-refractivity contribution is 7.79. The Morgan fingerprint density at radius 3 is 2.00 bits per heavy atom. The van der Waals surface area contributed by atoms with Gasteiger partial charge in [-0.3, -0.25) is 0 Å². The molecular weight excluding hydrogens is 306 g/mol. The van der Waals surface area contributed by atoms with Gasteiger partial charge in [-0.1, -0.05) is 30.3 Å². The fraction of sp³-hybridized carbons (Fsp3) is 0.0526. The molecule has 0 radical (unpaired) electrons. The highest BCUT2D eigenvalue weighted by Crippen LogP contribution is 2.34. The van der Waals surface area contributed by atoms with Gasteiger partial charge in [0.05, 0.1) is 4.90 Å². The second kappa shape index (κ2) is 6.77. The Labute approximate surface area is 138 Å². The van der Waals surface area contributed by atoms with Gasteiger partial charge in [0.2, 0.25) is 0 Å². The quantitative estimate of drug-likeness (QED) is 0.683. The van der Waals surface area contributed by atoms with Crippen LogP contribution in [0.2, 0.25) is 0 Å². The van der Waals surface area contributed by atoms with E-state index in [-0.39, 0.29) is 0 Å². The van der Waals surface area contributed by atoms with Gasteiger partial charge in [0.1, 0.15) is 0 Å². The Kier molecular flexibility index (Phi) is 4.55. The van der Waals surface area contributed by atoms with Crippen molar-refractivity contribution in [3.8, 4) is 0 Å². The topological polar surface area (TPSA) is 40.5 Å². The summed E-state index contributed by atoms with van der Waals surface area (Å²) < 4.78 is 20.3. The number of hydrogen-bond donors (Lipinski definition) is 1. The summed E-state index contributed by atoms with van der Waals surface area (Å²) in [4.78, 5) is 2.52. The van der Waals surface area contributed by atoms with Gasteiger partial charge in [0.25, 0.3) is 0 Å². The summed E-state index contributed by atoms with van der Waals surface area (Å²) in [5.41, 5.74) is 4.21. The van der Waals surface area contributed by atoms with Crippen LogP contribution >= 0.6 is 0 Å². The molecule has 0 saturated heterocycles. The van der Waals surface area contributed by atoms with Crippen LogP contribution in [-0.4, -0.2) is 8.76 Å². The zero-order chi connectivity index (χ0) is 16.2. The third-order valence-corrected chi connectivity index (χ3v) is 4.25. The first kappa shape index (κ1) is 15.5. The van der Waals surface area contributed by atoms with E-state index >= 15 is 0 Å². The van der Waals surface area contributed by atoms with Crippen molar-refractivity contribution < 1.29 is 8.76 Å². The van der Waals surface area contributed by atoms with E-state index in [0.29, 0.717) is 4.90 Å². The van der Waals surface area contributed by atoms with Crippen LogP contribution in [0.4, 0.5) is 17.1 Å². The molecule has 116 valence electrons. The van der Waals surface area contributed by atoms with Crippen molar-refractivity contribution in [2.75, 3.05) is 4.90 Å². The minimum atomic E-state index is -1.96. The fourth-order valence-corrected chi connectivity index (χ4v) is 2.87. The summed E-state index contributed by atoms with van der Waals surface area (Å²) in [6.07, 6.45) is 0. The zero-order valence-electron chi connectivity index (χ0n) is 12.7. The monoisotopic (exact) mass is 323 g/mol. The first-order valence-electron chi connectivity index (χ1n) is 7.28. The van der Waals surface area contributed by atoms with Gasteiger partial charge in [0.15, 0.2) is 11.1 Å². The summed E-state index contributed by atoms with van der Waals surface area (Å²) in [6, 6.07) is 25.4. The van der Waals surface area contributed by atoms with E-state index in [1.165, 1.54) is 5.56 Å². The van der Waals surface area contributed by atoms with E-state index in [1.807, 2.05) is 48.5 Å². The molecule has 0 aromatic heterocycles. The van der Waals surface area contributed by atoms with Gasteiger partial charge >= 0.3 is 0 Å². The first-order valence-corrected chi connectivity index (χ1v) is 8.38. The largest absolute Gasteiger partial charge is 0.310 e. The average molecular weight is 323 g/mol. The standard InChI is InChI=1S/C19H17NO2S/c1-15-6-5-9-18(14-15)20(16-7-3-2-4-8-16)17-10-12-19(13-11-17)23(21)22/h2-14H,1H3,(H,21,22). The maximum Gasteiger partial charge on any atom is 0.186 e. The zero-order valence-corrected chi connectivity index (χ0v) is 13.5. The highest BCUT2D eigenvalue weighted by Gasteiger charge is 2.12. The molecule has 0 spiro atoms. The number of hydrogen-bond acceptors (Lipinski definition) is 2. The summed E-state index contributed by atoms with van der Waals surface area (Å²) in [5.74, 6) is 0. The second-order valence-corrected chi connectivity index (χ2v) is 6.22. The lowest BCUT2D eigenvalue weighted by Crippen LogP contribution is -2.10. The van der Waals surface area contributed by atoms with E-state index in [0.717, 1.165) is 17.1 Å². The number of nitrogens with zero attached hydrogens (tertiary/aromatic N) is 1. The summed E-state index contributed by atoms with van der Waals surface area (Å²) in [5, 5.41) is 0. The van der Waals surface area contributed by atoms with Crippen LogP contribution in [0.1, 0.15) is 5.56 Å². The van der Waals surface area contributed by atoms with Crippen LogP contribution in [0.5, 0.6) is 0 Å². The summed E-state index contributed by atoms with van der Waals surface area (Å²) in [7, 11) is 0. The van der Waals surface area contributed by atoms with Crippen LogP contribution in [0.15, 0.2) is 83.8 Å².